The first kappa shape index (κ1) is 30.2. The van der Waals surface area contributed by atoms with E-state index in [-0.39, 0.29) is 54.7 Å². The van der Waals surface area contributed by atoms with Gasteiger partial charge in [-0.25, -0.2) is 23.1 Å². The number of piperazine rings is 1. The average molecular weight is 606 g/mol. The van der Waals surface area contributed by atoms with Gasteiger partial charge in [-0.05, 0) is 56.3 Å². The number of hydrogen-bond donors (Lipinski definition) is 3. The third-order valence-electron chi connectivity index (χ3n) is 7.31. The van der Waals surface area contributed by atoms with Crippen molar-refractivity contribution in [3.05, 3.63) is 106 Å². The smallest absolute Gasteiger partial charge is 0.227 e. The molecule has 222 valence electrons. The van der Waals surface area contributed by atoms with Gasteiger partial charge in [0.05, 0.1) is 29.1 Å². The standard InChI is InChI=1S/C31H27ClF3N7.CH4/c1-16-14-42(15-17(2)39-16)30(36)23-11-20(7-9-24(23)33)40-31-38-13-18-12-37-29(27-25(34)4-3-5-26(27)35)22-10-19(32)6-8-21(22)28(18)41-31;/h3-11,13,16-17,36,39H,12,14-15H2,1-2H3,(H,38,40,41);1H4. The molecule has 2 aliphatic rings. The zero-order valence-electron chi connectivity index (χ0n) is 22.9. The molecule has 2 aliphatic heterocycles. The molecule has 0 bridgehead atoms. The minimum absolute atomic E-state index is 0. The van der Waals surface area contributed by atoms with E-state index in [4.69, 9.17) is 22.0 Å². The van der Waals surface area contributed by atoms with E-state index >= 15 is 0 Å². The highest BCUT2D eigenvalue weighted by Crippen LogP contribution is 2.35. The summed E-state index contributed by atoms with van der Waals surface area (Å²) in [5, 5.41) is 15.6. The van der Waals surface area contributed by atoms with Crippen molar-refractivity contribution in [1.29, 1.82) is 5.41 Å². The lowest BCUT2D eigenvalue weighted by atomic mass is 9.95. The van der Waals surface area contributed by atoms with Gasteiger partial charge in [-0.1, -0.05) is 31.2 Å². The lowest BCUT2D eigenvalue weighted by molar-refractivity contribution is 0.254. The average Bonchev–Trinajstić information content (AvgIpc) is 3.10. The van der Waals surface area contributed by atoms with Crippen LogP contribution in [0.1, 0.15) is 43.5 Å². The molecule has 0 radical (unpaired) electrons. The number of nitrogens with zero attached hydrogens (tertiary/aromatic N) is 4. The van der Waals surface area contributed by atoms with E-state index in [1.807, 2.05) is 18.7 Å². The SMILES string of the molecule is C.CC1CN(C(=N)c2cc(Nc3ncc4c(n3)-c3ccc(Cl)cc3C(c3c(F)cccc3F)=NC4)ccc2F)CC(C)N1. The Hall–Kier alpha value is -4.28. The molecule has 1 saturated heterocycles. The summed E-state index contributed by atoms with van der Waals surface area (Å²) in [5.74, 6) is -1.63. The highest BCUT2D eigenvalue weighted by Gasteiger charge is 2.27. The van der Waals surface area contributed by atoms with Gasteiger partial charge in [0.1, 0.15) is 23.3 Å². The van der Waals surface area contributed by atoms with Gasteiger partial charge in [0.15, 0.2) is 0 Å². The number of aromatic nitrogens is 2. The number of hydrogen-bond acceptors (Lipinski definition) is 6. The summed E-state index contributed by atoms with van der Waals surface area (Å²) in [6.45, 7) is 5.35. The maximum Gasteiger partial charge on any atom is 0.227 e. The zero-order chi connectivity index (χ0) is 29.5. The fourth-order valence-electron chi connectivity index (χ4n) is 5.52. The lowest BCUT2D eigenvalue weighted by Crippen LogP contribution is -2.55. The van der Waals surface area contributed by atoms with Crippen molar-refractivity contribution in [2.24, 2.45) is 4.99 Å². The largest absolute Gasteiger partial charge is 0.353 e. The summed E-state index contributed by atoms with van der Waals surface area (Å²) in [7, 11) is 0. The van der Waals surface area contributed by atoms with Gasteiger partial charge in [-0.15, -0.1) is 0 Å². The molecular formula is C32H31ClF3N7. The molecule has 0 aliphatic carbocycles. The van der Waals surface area contributed by atoms with Crippen molar-refractivity contribution in [2.75, 3.05) is 18.4 Å². The van der Waals surface area contributed by atoms with Gasteiger partial charge in [0.2, 0.25) is 5.95 Å². The van der Waals surface area contributed by atoms with Crippen molar-refractivity contribution in [3.8, 4) is 11.3 Å². The first-order valence-corrected chi connectivity index (χ1v) is 13.9. The molecule has 2 unspecified atom stereocenters. The van der Waals surface area contributed by atoms with Crippen LogP contribution in [-0.4, -0.2) is 51.6 Å². The molecule has 2 atom stereocenters. The molecule has 0 spiro atoms. The van der Waals surface area contributed by atoms with Crippen LogP contribution < -0.4 is 10.6 Å². The normalized spacial score (nSPS) is 17.6. The van der Waals surface area contributed by atoms with E-state index in [1.54, 1.807) is 36.5 Å². The lowest BCUT2D eigenvalue weighted by Gasteiger charge is -2.37. The first-order chi connectivity index (χ1) is 20.2. The van der Waals surface area contributed by atoms with Crippen molar-refractivity contribution < 1.29 is 13.2 Å². The Kier molecular flexibility index (Phi) is 8.52. The highest BCUT2D eigenvalue weighted by molar-refractivity contribution is 6.31. The fourth-order valence-corrected chi connectivity index (χ4v) is 5.69. The monoisotopic (exact) mass is 605 g/mol. The number of anilines is 2. The summed E-state index contributed by atoms with van der Waals surface area (Å²) < 4.78 is 44.6. The second-order valence-electron chi connectivity index (χ2n) is 10.6. The minimum atomic E-state index is -0.735. The van der Waals surface area contributed by atoms with Gasteiger partial charge >= 0.3 is 0 Å². The number of benzene rings is 3. The summed E-state index contributed by atoms with van der Waals surface area (Å²) in [4.78, 5) is 15.6. The van der Waals surface area contributed by atoms with Crippen molar-refractivity contribution in [3.63, 3.8) is 0 Å². The predicted molar refractivity (Wildman–Crippen MR) is 165 cm³/mol. The Balaban J connectivity index is 0.00000368. The molecule has 7 nitrogen and oxygen atoms in total. The Labute approximate surface area is 253 Å². The predicted octanol–water partition coefficient (Wildman–Crippen LogP) is 6.95. The van der Waals surface area contributed by atoms with Crippen LogP contribution in [0, 0.1) is 22.9 Å². The van der Waals surface area contributed by atoms with Crippen molar-refractivity contribution in [1.82, 2.24) is 20.2 Å². The molecule has 3 heterocycles. The molecular weight excluding hydrogens is 575 g/mol. The van der Waals surface area contributed by atoms with Crippen LogP contribution in [0.4, 0.5) is 24.8 Å². The minimum Gasteiger partial charge on any atom is -0.353 e. The molecule has 0 saturated carbocycles. The molecule has 4 aromatic rings. The van der Waals surface area contributed by atoms with Crippen LogP contribution in [-0.2, 0) is 6.54 Å². The molecule has 43 heavy (non-hydrogen) atoms. The molecule has 6 rings (SSSR count). The molecule has 0 amide bonds. The van der Waals surface area contributed by atoms with Crippen molar-refractivity contribution >= 4 is 34.8 Å². The maximum absolute atomic E-state index is 14.9. The fraction of sp³-hybridized carbons (Fsp3) is 0.250. The summed E-state index contributed by atoms with van der Waals surface area (Å²) >= 11 is 6.31. The van der Waals surface area contributed by atoms with Crippen molar-refractivity contribution in [2.45, 2.75) is 39.9 Å². The Morgan fingerprint density at radius 2 is 1.70 bits per heavy atom. The van der Waals surface area contributed by atoms with E-state index in [9.17, 15) is 13.2 Å². The third kappa shape index (κ3) is 5.98. The molecule has 1 aromatic heterocycles. The molecule has 1 fully saturated rings. The van der Waals surface area contributed by atoms with E-state index in [0.717, 1.165) is 0 Å². The van der Waals surface area contributed by atoms with E-state index in [0.29, 0.717) is 46.2 Å². The van der Waals surface area contributed by atoms with Gasteiger partial charge in [-0.2, -0.15) is 0 Å². The van der Waals surface area contributed by atoms with E-state index in [1.165, 1.54) is 24.3 Å². The van der Waals surface area contributed by atoms with E-state index < -0.39 is 17.5 Å². The number of nitrogens with one attached hydrogen (secondary N) is 3. The zero-order valence-corrected chi connectivity index (χ0v) is 23.6. The maximum atomic E-state index is 14.9. The highest BCUT2D eigenvalue weighted by atomic mass is 35.5. The summed E-state index contributed by atoms with van der Waals surface area (Å²) in [6, 6.07) is 13.5. The molecule has 3 aromatic carbocycles. The van der Waals surface area contributed by atoms with E-state index in [2.05, 4.69) is 20.6 Å². The molecule has 11 heteroatoms. The number of aliphatic imine (C=N–C) groups is 1. The number of amidine groups is 1. The Morgan fingerprint density at radius 1 is 0.977 bits per heavy atom. The first-order valence-electron chi connectivity index (χ1n) is 13.5. The number of rotatable bonds is 4. The summed E-state index contributed by atoms with van der Waals surface area (Å²) in [5.41, 5.74) is 2.76. The number of fused-ring (bicyclic) bond motifs is 3. The van der Waals surface area contributed by atoms with Crippen LogP contribution in [0.15, 0.2) is 65.8 Å². The second-order valence-corrected chi connectivity index (χ2v) is 11.0. The third-order valence-corrected chi connectivity index (χ3v) is 7.55. The number of halogens is 4. The second kappa shape index (κ2) is 12.1. The Morgan fingerprint density at radius 3 is 2.42 bits per heavy atom. The molecule has 3 N–H and O–H groups in total. The topological polar surface area (TPSA) is 89.3 Å². The van der Waals surface area contributed by atoms with Gasteiger partial charge in [0, 0.05) is 58.8 Å². The van der Waals surface area contributed by atoms with Crippen LogP contribution >= 0.6 is 11.6 Å². The van der Waals surface area contributed by atoms with Crippen LogP contribution in [0.25, 0.3) is 11.3 Å². The van der Waals surface area contributed by atoms with Gasteiger partial charge in [-0.3, -0.25) is 10.4 Å². The van der Waals surface area contributed by atoms with Crippen LogP contribution in [0.3, 0.4) is 0 Å². The van der Waals surface area contributed by atoms with Crippen LogP contribution in [0.2, 0.25) is 5.02 Å². The van der Waals surface area contributed by atoms with Gasteiger partial charge in [0.25, 0.3) is 0 Å². The summed E-state index contributed by atoms with van der Waals surface area (Å²) in [6.07, 6.45) is 1.60. The quantitative estimate of drug-likeness (QED) is 0.173. The van der Waals surface area contributed by atoms with Crippen LogP contribution in [0.5, 0.6) is 0 Å². The Bertz CT molecular complexity index is 1710. The van der Waals surface area contributed by atoms with Gasteiger partial charge < -0.3 is 15.5 Å².